The molecule has 1 atom stereocenters. The van der Waals surface area contributed by atoms with Gasteiger partial charge in [0.25, 0.3) is 0 Å². The minimum absolute atomic E-state index is 0.456. The van der Waals surface area contributed by atoms with Crippen molar-refractivity contribution in [3.63, 3.8) is 0 Å². The fourth-order valence-electron chi connectivity index (χ4n) is 2.23. The second-order valence-corrected chi connectivity index (χ2v) is 3.70. The van der Waals surface area contributed by atoms with Crippen molar-refractivity contribution in [2.24, 2.45) is 11.7 Å². The van der Waals surface area contributed by atoms with Gasteiger partial charge in [-0.25, -0.2) is 0 Å². The van der Waals surface area contributed by atoms with E-state index < -0.39 is 5.54 Å². The second-order valence-electron chi connectivity index (χ2n) is 3.70. The highest BCUT2D eigenvalue weighted by Gasteiger charge is 2.44. The van der Waals surface area contributed by atoms with Gasteiger partial charge in [0.2, 0.25) is 0 Å². The first-order valence-corrected chi connectivity index (χ1v) is 4.17. The van der Waals surface area contributed by atoms with E-state index in [1.165, 1.54) is 0 Å². The number of fused-ring (bicyclic) bond motifs is 3. The topological polar surface area (TPSA) is 53.1 Å². The summed E-state index contributed by atoms with van der Waals surface area (Å²) in [5, 5.41) is 8.87. The first kappa shape index (κ1) is 7.08. The Balaban J connectivity index is 2.21. The molecule has 0 aromatic heterocycles. The van der Waals surface area contributed by atoms with E-state index in [-0.39, 0.29) is 0 Å². The molecule has 0 spiro atoms. The number of rotatable bonds is 0. The molecule has 3 rings (SSSR count). The van der Waals surface area contributed by atoms with Crippen molar-refractivity contribution in [3.8, 4) is 6.07 Å². The summed E-state index contributed by atoms with van der Waals surface area (Å²) in [4.78, 5) is 2.29. The van der Waals surface area contributed by atoms with Crippen LogP contribution in [0.15, 0.2) is 0 Å². The van der Waals surface area contributed by atoms with Crippen LogP contribution in [0.4, 0.5) is 0 Å². The molecule has 2 N–H and O–H groups in total. The molecule has 3 nitrogen and oxygen atoms in total. The van der Waals surface area contributed by atoms with Crippen molar-refractivity contribution in [2.45, 2.75) is 18.4 Å². The predicted molar refractivity (Wildman–Crippen MR) is 41.7 cm³/mol. The van der Waals surface area contributed by atoms with Crippen molar-refractivity contribution < 1.29 is 0 Å². The maximum absolute atomic E-state index is 8.87. The smallest absolute Gasteiger partial charge is 0.120 e. The third-order valence-electron chi connectivity index (χ3n) is 3.01. The summed E-state index contributed by atoms with van der Waals surface area (Å²) in [7, 11) is 0. The lowest BCUT2D eigenvalue weighted by atomic mass is 9.74. The summed E-state index contributed by atoms with van der Waals surface area (Å²) in [5.41, 5.74) is 5.41. The Kier molecular flexibility index (Phi) is 1.41. The molecule has 11 heavy (non-hydrogen) atoms. The Labute approximate surface area is 66.8 Å². The zero-order valence-corrected chi connectivity index (χ0v) is 6.58. The fraction of sp³-hybridized carbons (Fsp3) is 0.875. The van der Waals surface area contributed by atoms with Gasteiger partial charge in [0.05, 0.1) is 6.07 Å². The van der Waals surface area contributed by atoms with Crippen LogP contribution in [-0.2, 0) is 0 Å². The number of hydrogen-bond donors (Lipinski definition) is 1. The molecule has 0 aromatic carbocycles. The van der Waals surface area contributed by atoms with Gasteiger partial charge in [-0.2, -0.15) is 5.26 Å². The average molecular weight is 151 g/mol. The van der Waals surface area contributed by atoms with Gasteiger partial charge in [-0.05, 0) is 31.8 Å². The van der Waals surface area contributed by atoms with Crippen LogP contribution < -0.4 is 5.73 Å². The quantitative estimate of drug-likeness (QED) is 0.527. The number of nitrogens with zero attached hydrogens (tertiary/aromatic N) is 2. The Morgan fingerprint density at radius 2 is 2.09 bits per heavy atom. The molecule has 3 heterocycles. The Bertz CT molecular complexity index is 200. The van der Waals surface area contributed by atoms with Gasteiger partial charge < -0.3 is 10.6 Å². The van der Waals surface area contributed by atoms with Gasteiger partial charge in [0.1, 0.15) is 5.54 Å². The van der Waals surface area contributed by atoms with E-state index in [1.54, 1.807) is 0 Å². The van der Waals surface area contributed by atoms with Crippen LogP contribution in [0.5, 0.6) is 0 Å². The first-order valence-electron chi connectivity index (χ1n) is 4.17. The molecule has 0 unspecified atom stereocenters. The lowest BCUT2D eigenvalue weighted by Crippen LogP contribution is -2.63. The van der Waals surface area contributed by atoms with Gasteiger partial charge in [-0.1, -0.05) is 0 Å². The summed E-state index contributed by atoms with van der Waals surface area (Å²) in [5.74, 6) is 0.456. The minimum atomic E-state index is -0.531. The van der Waals surface area contributed by atoms with Crippen molar-refractivity contribution in [1.82, 2.24) is 4.90 Å². The Morgan fingerprint density at radius 1 is 1.45 bits per heavy atom. The number of hydrogen-bond acceptors (Lipinski definition) is 3. The average Bonchev–Trinajstić information content (AvgIpc) is 2.06. The van der Waals surface area contributed by atoms with Gasteiger partial charge in [-0.3, -0.25) is 0 Å². The SMILES string of the molecule is N#C[C@]1(N)CN2CCC1CC2. The maximum Gasteiger partial charge on any atom is 0.120 e. The summed E-state index contributed by atoms with van der Waals surface area (Å²) >= 11 is 0. The minimum Gasteiger partial charge on any atom is -0.312 e. The molecule has 3 saturated heterocycles. The molecule has 3 aliphatic rings. The largest absolute Gasteiger partial charge is 0.312 e. The third kappa shape index (κ3) is 0.943. The monoisotopic (exact) mass is 151 g/mol. The standard InChI is InChI=1S/C8H13N3/c9-5-8(10)6-11-3-1-7(8)2-4-11/h7H,1-4,6,10H2/t8-/m0/s1. The van der Waals surface area contributed by atoms with Crippen molar-refractivity contribution in [3.05, 3.63) is 0 Å². The number of nitriles is 1. The van der Waals surface area contributed by atoms with Crippen LogP contribution in [0.2, 0.25) is 0 Å². The van der Waals surface area contributed by atoms with Crippen LogP contribution in [0.1, 0.15) is 12.8 Å². The van der Waals surface area contributed by atoms with Crippen LogP contribution >= 0.6 is 0 Å². The van der Waals surface area contributed by atoms with Gasteiger partial charge in [0.15, 0.2) is 0 Å². The van der Waals surface area contributed by atoms with Gasteiger partial charge in [-0.15, -0.1) is 0 Å². The molecule has 0 saturated carbocycles. The molecular weight excluding hydrogens is 138 g/mol. The summed E-state index contributed by atoms with van der Waals surface area (Å²) < 4.78 is 0. The van der Waals surface area contributed by atoms with Crippen molar-refractivity contribution in [2.75, 3.05) is 19.6 Å². The normalized spacial score (nSPS) is 48.7. The molecule has 60 valence electrons. The molecule has 0 aliphatic carbocycles. The molecule has 0 amide bonds. The van der Waals surface area contributed by atoms with Crippen LogP contribution in [0.3, 0.4) is 0 Å². The second kappa shape index (κ2) is 2.20. The van der Waals surface area contributed by atoms with E-state index in [0.29, 0.717) is 5.92 Å². The summed E-state index contributed by atoms with van der Waals surface area (Å²) in [6, 6.07) is 2.25. The van der Waals surface area contributed by atoms with Gasteiger partial charge in [0, 0.05) is 6.54 Å². The lowest BCUT2D eigenvalue weighted by molar-refractivity contribution is 0.0575. The lowest BCUT2D eigenvalue weighted by Gasteiger charge is -2.47. The first-order chi connectivity index (χ1) is 5.24. The zero-order valence-electron chi connectivity index (χ0n) is 6.58. The van der Waals surface area contributed by atoms with E-state index in [4.69, 9.17) is 11.0 Å². The summed E-state index contributed by atoms with van der Waals surface area (Å²) in [6.07, 6.45) is 2.23. The molecule has 2 bridgehead atoms. The molecule has 3 aliphatic heterocycles. The van der Waals surface area contributed by atoms with Crippen LogP contribution in [-0.4, -0.2) is 30.1 Å². The zero-order chi connectivity index (χ0) is 7.90. The van der Waals surface area contributed by atoms with E-state index in [1.807, 2.05) is 0 Å². The van der Waals surface area contributed by atoms with Crippen molar-refractivity contribution in [1.29, 1.82) is 5.26 Å². The number of piperidine rings is 3. The maximum atomic E-state index is 8.87. The Hall–Kier alpha value is -0.590. The molecule has 3 fully saturated rings. The van der Waals surface area contributed by atoms with Crippen LogP contribution in [0.25, 0.3) is 0 Å². The Morgan fingerprint density at radius 3 is 2.36 bits per heavy atom. The van der Waals surface area contributed by atoms with Crippen molar-refractivity contribution >= 4 is 0 Å². The highest BCUT2D eigenvalue weighted by molar-refractivity contribution is 5.14. The van der Waals surface area contributed by atoms with Crippen LogP contribution in [0, 0.1) is 17.2 Å². The molecule has 0 aromatic rings. The van der Waals surface area contributed by atoms with E-state index in [0.717, 1.165) is 32.5 Å². The van der Waals surface area contributed by atoms with E-state index in [9.17, 15) is 0 Å². The summed E-state index contributed by atoms with van der Waals surface area (Å²) in [6.45, 7) is 3.07. The highest BCUT2D eigenvalue weighted by atomic mass is 15.2. The molecule has 0 radical (unpaired) electrons. The van der Waals surface area contributed by atoms with E-state index in [2.05, 4.69) is 11.0 Å². The third-order valence-corrected chi connectivity index (χ3v) is 3.01. The fourth-order valence-corrected chi connectivity index (χ4v) is 2.23. The predicted octanol–water partition coefficient (Wildman–Crippen LogP) is -0.0669. The van der Waals surface area contributed by atoms with Gasteiger partial charge >= 0.3 is 0 Å². The highest BCUT2D eigenvalue weighted by Crippen LogP contribution is 2.33. The molecular formula is C8H13N3. The number of nitrogens with two attached hydrogens (primary N) is 1. The molecule has 3 heteroatoms. The van der Waals surface area contributed by atoms with E-state index >= 15 is 0 Å².